The Morgan fingerprint density at radius 1 is 0.941 bits per heavy atom. The first-order valence-electron chi connectivity index (χ1n) is 5.73. The summed E-state index contributed by atoms with van der Waals surface area (Å²) in [5.74, 6) is 0. The molecule has 85 valence electrons. The van der Waals surface area contributed by atoms with Crippen LogP contribution in [0.4, 0.5) is 11.4 Å². The van der Waals surface area contributed by atoms with Gasteiger partial charge in [0.1, 0.15) is 0 Å². The number of para-hydroxylation sites is 2. The molecular formula is C14H14NSSn. The van der Waals surface area contributed by atoms with Crippen molar-refractivity contribution in [2.75, 3.05) is 5.32 Å². The topological polar surface area (TPSA) is 12.0 Å². The first kappa shape index (κ1) is 11.5. The number of rotatable bonds is 1. The summed E-state index contributed by atoms with van der Waals surface area (Å²) in [6.45, 7) is 0. The Balaban J connectivity index is 2.12. The van der Waals surface area contributed by atoms with Crippen LogP contribution in [0.5, 0.6) is 0 Å². The summed E-state index contributed by atoms with van der Waals surface area (Å²) >= 11 is 0.546. The predicted molar refractivity (Wildman–Crippen MR) is 77.4 cm³/mol. The maximum absolute atomic E-state index is 3.62. The van der Waals surface area contributed by atoms with Crippen LogP contribution in [0.3, 0.4) is 0 Å². The number of nitrogens with one attached hydrogen (secondary N) is 1. The number of fused-ring (bicyclic) bond motifs is 2. The minimum atomic E-state index is -1.34. The van der Waals surface area contributed by atoms with Crippen LogP contribution in [0.15, 0.2) is 52.3 Å². The molecule has 1 radical (unpaired) electrons. The van der Waals surface area contributed by atoms with E-state index in [4.69, 9.17) is 0 Å². The first-order valence-corrected chi connectivity index (χ1v) is 13.7. The van der Waals surface area contributed by atoms with Crippen LogP contribution in [-0.2, 0) is 0 Å². The molecule has 0 aliphatic carbocycles. The van der Waals surface area contributed by atoms with Gasteiger partial charge in [-0.2, -0.15) is 0 Å². The van der Waals surface area contributed by atoms with Crippen LogP contribution < -0.4 is 8.90 Å². The molecule has 1 N–H and O–H groups in total. The van der Waals surface area contributed by atoms with Gasteiger partial charge in [0.2, 0.25) is 0 Å². The molecule has 17 heavy (non-hydrogen) atoms. The molecule has 3 heteroatoms. The van der Waals surface area contributed by atoms with Gasteiger partial charge in [-0.1, -0.05) is 0 Å². The molecule has 0 saturated heterocycles. The molecule has 1 aliphatic rings. The summed E-state index contributed by atoms with van der Waals surface area (Å²) in [6, 6.07) is 15.3. The molecule has 0 aromatic heterocycles. The van der Waals surface area contributed by atoms with E-state index in [9.17, 15) is 0 Å². The van der Waals surface area contributed by atoms with Crippen molar-refractivity contribution in [1.82, 2.24) is 0 Å². The van der Waals surface area contributed by atoms with E-state index in [1.54, 1.807) is 3.58 Å². The summed E-state index contributed by atoms with van der Waals surface area (Å²) in [5, 5.41) is 3.62. The zero-order chi connectivity index (χ0) is 11.8. The van der Waals surface area contributed by atoms with Crippen molar-refractivity contribution in [1.29, 1.82) is 0 Å². The van der Waals surface area contributed by atoms with Crippen molar-refractivity contribution in [3.8, 4) is 0 Å². The van der Waals surface area contributed by atoms with Gasteiger partial charge in [-0.15, -0.1) is 0 Å². The second kappa shape index (κ2) is 4.58. The van der Waals surface area contributed by atoms with E-state index in [1.807, 2.05) is 11.8 Å². The fourth-order valence-corrected chi connectivity index (χ4v) is 6.57. The Morgan fingerprint density at radius 3 is 2.53 bits per heavy atom. The molecule has 1 aliphatic heterocycles. The summed E-state index contributed by atoms with van der Waals surface area (Å²) in [7, 11) is 0. The molecule has 3 rings (SSSR count). The van der Waals surface area contributed by atoms with Gasteiger partial charge in [-0.05, 0) is 0 Å². The Bertz CT molecular complexity index is 566. The molecule has 0 fully saturated rings. The summed E-state index contributed by atoms with van der Waals surface area (Å²) < 4.78 is 1.59. The fourth-order valence-electron chi connectivity index (χ4n) is 2.07. The van der Waals surface area contributed by atoms with Crippen molar-refractivity contribution in [2.24, 2.45) is 0 Å². The minimum absolute atomic E-state index is 1.25. The average molecular weight is 347 g/mol. The van der Waals surface area contributed by atoms with Gasteiger partial charge < -0.3 is 0 Å². The van der Waals surface area contributed by atoms with E-state index >= 15 is 0 Å². The normalized spacial score (nSPS) is 12.9. The summed E-state index contributed by atoms with van der Waals surface area (Å²) in [5.41, 5.74) is 2.62. The predicted octanol–water partition coefficient (Wildman–Crippen LogP) is 3.86. The Kier molecular flexibility index (Phi) is 3.09. The Morgan fingerprint density at radius 2 is 1.71 bits per heavy atom. The van der Waals surface area contributed by atoms with Gasteiger partial charge >= 0.3 is 114 Å². The van der Waals surface area contributed by atoms with E-state index in [1.165, 1.54) is 21.2 Å². The van der Waals surface area contributed by atoms with Crippen molar-refractivity contribution >= 4 is 46.5 Å². The van der Waals surface area contributed by atoms with E-state index in [0.29, 0.717) is 0 Å². The molecular weight excluding hydrogens is 333 g/mol. The van der Waals surface area contributed by atoms with E-state index in [-0.39, 0.29) is 0 Å². The fraction of sp³-hybridized carbons (Fsp3) is 0.143. The summed E-state index contributed by atoms with van der Waals surface area (Å²) in [6.07, 6.45) is 0. The number of anilines is 2. The third kappa shape index (κ3) is 2.08. The number of hydrogen-bond donors (Lipinski definition) is 1. The molecule has 2 aromatic rings. The molecule has 2 aromatic carbocycles. The zero-order valence-electron chi connectivity index (χ0n) is 9.95. The molecule has 0 bridgehead atoms. The molecule has 1 nitrogen and oxygen atoms in total. The molecule has 0 atom stereocenters. The number of benzene rings is 2. The quantitative estimate of drug-likeness (QED) is 0.671. The Hall–Kier alpha value is -0.611. The third-order valence-corrected chi connectivity index (χ3v) is 8.33. The van der Waals surface area contributed by atoms with Crippen molar-refractivity contribution in [2.45, 2.75) is 19.7 Å². The van der Waals surface area contributed by atoms with Gasteiger partial charge in [0.25, 0.3) is 0 Å². The van der Waals surface area contributed by atoms with E-state index in [2.05, 4.69) is 57.7 Å². The zero-order valence-corrected chi connectivity index (χ0v) is 13.6. The molecule has 1 heterocycles. The van der Waals surface area contributed by atoms with Crippen LogP contribution in [0.25, 0.3) is 0 Å². The van der Waals surface area contributed by atoms with E-state index < -0.39 is 19.8 Å². The van der Waals surface area contributed by atoms with Crippen LogP contribution in [0, 0.1) is 0 Å². The third-order valence-electron chi connectivity index (χ3n) is 2.93. The average Bonchev–Trinajstić information content (AvgIpc) is 2.35. The monoisotopic (exact) mass is 348 g/mol. The van der Waals surface area contributed by atoms with Gasteiger partial charge in [-0.25, -0.2) is 0 Å². The molecule has 0 amide bonds. The Labute approximate surface area is 113 Å². The molecule has 0 unspecified atom stereocenters. The molecule has 0 saturated carbocycles. The second-order valence-corrected chi connectivity index (χ2v) is 12.7. The maximum atomic E-state index is 3.62. The standard InChI is InChI=1S/C12H8NS.2CH3.Sn/c1-3-7-11-9(5-1)13-10-6-2-4-8-12(10)14-11;;;/h1-5,7-8,13H;2*1H3;. The van der Waals surface area contributed by atoms with E-state index in [0.717, 1.165) is 0 Å². The van der Waals surface area contributed by atoms with Gasteiger partial charge in [-0.3, -0.25) is 0 Å². The van der Waals surface area contributed by atoms with Gasteiger partial charge in [0.15, 0.2) is 0 Å². The van der Waals surface area contributed by atoms with Crippen molar-refractivity contribution < 1.29 is 0 Å². The van der Waals surface area contributed by atoms with Crippen molar-refractivity contribution in [3.05, 3.63) is 42.5 Å². The van der Waals surface area contributed by atoms with Crippen LogP contribution >= 0.6 is 11.8 Å². The number of hydrogen-bond acceptors (Lipinski definition) is 2. The van der Waals surface area contributed by atoms with Crippen LogP contribution in [0.2, 0.25) is 9.88 Å². The molecule has 0 spiro atoms. The summed E-state index contributed by atoms with van der Waals surface area (Å²) in [4.78, 5) is 7.58. The SMILES string of the molecule is [CH3][Sn]([CH3])[c]1cccc2c1Nc1ccccc1S2. The first-order chi connectivity index (χ1) is 8.25. The van der Waals surface area contributed by atoms with Crippen molar-refractivity contribution in [3.63, 3.8) is 0 Å². The van der Waals surface area contributed by atoms with Gasteiger partial charge in [0, 0.05) is 0 Å². The van der Waals surface area contributed by atoms with Gasteiger partial charge in [0.05, 0.1) is 0 Å². The second-order valence-electron chi connectivity index (χ2n) is 4.40. The van der Waals surface area contributed by atoms with Crippen LogP contribution in [-0.4, -0.2) is 19.8 Å². The van der Waals surface area contributed by atoms with Crippen LogP contribution in [0.1, 0.15) is 0 Å².